The minimum Gasteiger partial charge on any atom is -0.399 e. The molecular weight excluding hydrogens is 510 g/mol. The molecule has 11 heteroatoms. The van der Waals surface area contributed by atoms with E-state index in [1.54, 1.807) is 0 Å². The summed E-state index contributed by atoms with van der Waals surface area (Å²) in [6.45, 7) is 10.9. The van der Waals surface area contributed by atoms with Gasteiger partial charge in [-0.05, 0) is 82.9 Å². The summed E-state index contributed by atoms with van der Waals surface area (Å²) in [6, 6.07) is 8.97. The third-order valence-corrected chi connectivity index (χ3v) is 7.92. The van der Waals surface area contributed by atoms with Crippen LogP contribution in [-0.4, -0.2) is 32.2 Å². The molecule has 0 radical (unpaired) electrons. The first kappa shape index (κ1) is 26.7. The second-order valence-corrected chi connectivity index (χ2v) is 11.4. The van der Waals surface area contributed by atoms with Crippen molar-refractivity contribution >= 4 is 44.0 Å². The second-order valence-electron chi connectivity index (χ2n) is 8.56. The van der Waals surface area contributed by atoms with Gasteiger partial charge in [0, 0.05) is 10.2 Å². The van der Waals surface area contributed by atoms with Crippen LogP contribution in [-0.2, 0) is 19.1 Å². The predicted molar refractivity (Wildman–Crippen MR) is 123 cm³/mol. The minimum absolute atomic E-state index is 0.355. The Balaban J connectivity index is 0.000000336. The molecule has 176 valence electrons. The lowest BCUT2D eigenvalue weighted by Crippen LogP contribution is -2.41. The first-order chi connectivity index (χ1) is 14.4. The maximum atomic E-state index is 12.6. The molecule has 0 aromatic heterocycles. The molecule has 0 unspecified atom stereocenters. The lowest BCUT2D eigenvalue weighted by molar-refractivity contribution is -0.0436. The summed E-state index contributed by atoms with van der Waals surface area (Å²) in [7, 11) is -6.13. The van der Waals surface area contributed by atoms with Crippen molar-refractivity contribution < 1.29 is 30.9 Å². The molecule has 2 aromatic rings. The Morgan fingerprint density at radius 2 is 1.47 bits per heavy atom. The Labute approximate surface area is 195 Å². The Morgan fingerprint density at radius 1 is 0.938 bits per heavy atom. The Hall–Kier alpha value is -1.56. The van der Waals surface area contributed by atoms with Crippen molar-refractivity contribution in [3.8, 4) is 0 Å². The van der Waals surface area contributed by atoms with Crippen LogP contribution < -0.4 is 11.2 Å². The highest BCUT2D eigenvalue weighted by atomic mass is 79.9. The molecule has 0 saturated carbocycles. The van der Waals surface area contributed by atoms with Crippen molar-refractivity contribution in [3.05, 3.63) is 52.0 Å². The van der Waals surface area contributed by atoms with Gasteiger partial charge in [-0.15, -0.1) is 0 Å². The number of benzene rings is 2. The van der Waals surface area contributed by atoms with Gasteiger partial charge in [-0.2, -0.15) is 13.2 Å². The average Bonchev–Trinajstić information content (AvgIpc) is 2.85. The van der Waals surface area contributed by atoms with Gasteiger partial charge in [-0.3, -0.25) is 0 Å². The van der Waals surface area contributed by atoms with Crippen LogP contribution in [0.25, 0.3) is 0 Å². The van der Waals surface area contributed by atoms with Crippen LogP contribution in [0.5, 0.6) is 0 Å². The SMILES string of the molecule is Cc1cc(N)ccc1Br.Cc1cc(S(=O)(=O)C(F)(F)F)ccc1B1OC(C)(C)C(C)(C)O1. The van der Waals surface area contributed by atoms with Crippen molar-refractivity contribution in [2.24, 2.45) is 0 Å². The Bertz CT molecular complexity index is 1090. The van der Waals surface area contributed by atoms with E-state index in [1.165, 1.54) is 18.6 Å². The number of rotatable bonds is 2. The molecule has 0 spiro atoms. The number of hydrogen-bond acceptors (Lipinski definition) is 5. The van der Waals surface area contributed by atoms with Crippen LogP contribution >= 0.6 is 15.9 Å². The van der Waals surface area contributed by atoms with E-state index in [9.17, 15) is 21.6 Å². The molecule has 1 aliphatic rings. The highest BCUT2D eigenvalue weighted by molar-refractivity contribution is 9.10. The first-order valence-electron chi connectivity index (χ1n) is 9.68. The smallest absolute Gasteiger partial charge is 0.399 e. The Morgan fingerprint density at radius 3 is 1.88 bits per heavy atom. The van der Waals surface area contributed by atoms with E-state index in [2.05, 4.69) is 15.9 Å². The fourth-order valence-corrected chi connectivity index (χ4v) is 3.94. The predicted octanol–water partition coefficient (Wildman–Crippen LogP) is 4.93. The number of nitrogen functional groups attached to an aromatic ring is 1. The molecule has 32 heavy (non-hydrogen) atoms. The van der Waals surface area contributed by atoms with Crippen LogP contribution in [0.4, 0.5) is 18.9 Å². The number of nitrogens with two attached hydrogens (primary N) is 1. The summed E-state index contributed by atoms with van der Waals surface area (Å²) in [5.74, 6) is 0. The monoisotopic (exact) mass is 535 g/mol. The zero-order chi connectivity index (χ0) is 24.7. The fourth-order valence-electron chi connectivity index (χ4n) is 2.85. The van der Waals surface area contributed by atoms with Crippen molar-refractivity contribution in [1.82, 2.24) is 0 Å². The minimum atomic E-state index is -5.37. The Kier molecular flexibility index (Phi) is 7.51. The molecule has 0 aliphatic carbocycles. The zero-order valence-electron chi connectivity index (χ0n) is 18.7. The van der Waals surface area contributed by atoms with Crippen molar-refractivity contribution in [2.75, 3.05) is 5.73 Å². The van der Waals surface area contributed by atoms with Crippen molar-refractivity contribution in [1.29, 1.82) is 0 Å². The van der Waals surface area contributed by atoms with E-state index in [0.29, 0.717) is 11.0 Å². The molecule has 2 N–H and O–H groups in total. The number of halogens is 4. The van der Waals surface area contributed by atoms with E-state index >= 15 is 0 Å². The maximum absolute atomic E-state index is 12.6. The van der Waals surface area contributed by atoms with E-state index < -0.39 is 38.6 Å². The molecule has 0 amide bonds. The summed E-state index contributed by atoms with van der Waals surface area (Å²) >= 11 is 3.37. The normalized spacial score (nSPS) is 17.6. The van der Waals surface area contributed by atoms with E-state index in [-0.39, 0.29) is 0 Å². The molecular formula is C21H26BBrF3NO4S. The second kappa shape index (κ2) is 9.00. The molecule has 1 fully saturated rings. The van der Waals surface area contributed by atoms with Crippen LogP contribution in [0.3, 0.4) is 0 Å². The molecule has 0 atom stereocenters. The van der Waals surface area contributed by atoms with E-state index in [1.807, 2.05) is 52.8 Å². The topological polar surface area (TPSA) is 78.6 Å². The number of hydrogen-bond donors (Lipinski definition) is 1. The van der Waals surface area contributed by atoms with E-state index in [0.717, 1.165) is 22.3 Å². The number of anilines is 1. The fraction of sp³-hybridized carbons (Fsp3) is 0.429. The van der Waals surface area contributed by atoms with Gasteiger partial charge in [0.2, 0.25) is 0 Å². The van der Waals surface area contributed by atoms with Crippen molar-refractivity contribution in [2.45, 2.75) is 63.1 Å². The third-order valence-electron chi connectivity index (χ3n) is 5.55. The van der Waals surface area contributed by atoms with Crippen LogP contribution in [0.2, 0.25) is 0 Å². The quantitative estimate of drug-likeness (QED) is 0.436. The van der Waals surface area contributed by atoms with E-state index in [4.69, 9.17) is 15.0 Å². The highest BCUT2D eigenvalue weighted by Crippen LogP contribution is 2.37. The molecule has 0 bridgehead atoms. The lowest BCUT2D eigenvalue weighted by atomic mass is 9.76. The van der Waals surface area contributed by atoms with Gasteiger partial charge in [-0.1, -0.05) is 27.6 Å². The standard InChI is InChI=1S/C14H18BF3O4S.C7H8BrN/c1-9-8-10(23(19,20)14(16,17)18)6-7-11(9)15-21-12(2,3)13(4,5)22-15;1-5-4-6(9)2-3-7(5)8/h6-8H,1-5H3;2-4H,9H2,1H3. The molecule has 3 rings (SSSR count). The number of alkyl halides is 3. The maximum Gasteiger partial charge on any atom is 0.501 e. The first-order valence-corrected chi connectivity index (χ1v) is 12.0. The van der Waals surface area contributed by atoms with Crippen LogP contribution in [0, 0.1) is 13.8 Å². The molecule has 1 heterocycles. The average molecular weight is 536 g/mol. The van der Waals surface area contributed by atoms with Crippen LogP contribution in [0.1, 0.15) is 38.8 Å². The highest BCUT2D eigenvalue weighted by Gasteiger charge is 2.52. The van der Waals surface area contributed by atoms with Gasteiger partial charge in [0.1, 0.15) is 0 Å². The summed E-state index contributed by atoms with van der Waals surface area (Å²) in [6.07, 6.45) is 0. The summed E-state index contributed by atoms with van der Waals surface area (Å²) in [5.41, 5.74) is 1.84. The zero-order valence-corrected chi connectivity index (χ0v) is 21.1. The van der Waals surface area contributed by atoms with Gasteiger partial charge < -0.3 is 15.0 Å². The van der Waals surface area contributed by atoms with Gasteiger partial charge in [0.05, 0.1) is 16.1 Å². The number of sulfone groups is 1. The largest absolute Gasteiger partial charge is 0.501 e. The lowest BCUT2D eigenvalue weighted by Gasteiger charge is -2.32. The van der Waals surface area contributed by atoms with Crippen LogP contribution in [0.15, 0.2) is 45.8 Å². The number of aryl methyl sites for hydroxylation is 2. The van der Waals surface area contributed by atoms with Gasteiger partial charge in [0.25, 0.3) is 9.84 Å². The molecule has 1 aliphatic heterocycles. The molecule has 1 saturated heterocycles. The summed E-state index contributed by atoms with van der Waals surface area (Å²) in [4.78, 5) is -0.789. The third kappa shape index (κ3) is 5.49. The van der Waals surface area contributed by atoms with Crippen molar-refractivity contribution in [3.63, 3.8) is 0 Å². The molecule has 2 aromatic carbocycles. The van der Waals surface area contributed by atoms with Gasteiger partial charge in [0.15, 0.2) is 0 Å². The molecule has 5 nitrogen and oxygen atoms in total. The van der Waals surface area contributed by atoms with Gasteiger partial charge >= 0.3 is 12.6 Å². The summed E-state index contributed by atoms with van der Waals surface area (Å²) in [5, 5.41) is 0. The summed E-state index contributed by atoms with van der Waals surface area (Å²) < 4.78 is 73.5. The van der Waals surface area contributed by atoms with Gasteiger partial charge in [-0.25, -0.2) is 8.42 Å².